The van der Waals surface area contributed by atoms with E-state index in [-0.39, 0.29) is 0 Å². The van der Waals surface area contributed by atoms with E-state index in [0.717, 1.165) is 17.1 Å². The molecule has 0 N–H and O–H groups in total. The Morgan fingerprint density at radius 3 is 1.21 bits per heavy atom. The SMILES string of the molecule is c1ccc(-c2ccc(N(c3ccc(-c4ccc5c6ccccc6c6ccccc6c5c4)cc3)c3ccc(-c4cccc5ccccc45)cc3)cc2)cc1. The molecule has 248 valence electrons. The van der Waals surface area contributed by atoms with Crippen molar-refractivity contribution in [1.82, 2.24) is 0 Å². The summed E-state index contributed by atoms with van der Waals surface area (Å²) >= 11 is 0. The minimum absolute atomic E-state index is 1.11. The number of benzene rings is 10. The molecule has 0 aliphatic heterocycles. The molecule has 0 aliphatic rings. The summed E-state index contributed by atoms with van der Waals surface area (Å²) < 4.78 is 0. The van der Waals surface area contributed by atoms with Gasteiger partial charge in [0.1, 0.15) is 0 Å². The van der Waals surface area contributed by atoms with Gasteiger partial charge in [-0.25, -0.2) is 0 Å². The first-order valence-electron chi connectivity index (χ1n) is 18.3. The lowest BCUT2D eigenvalue weighted by atomic mass is 9.92. The van der Waals surface area contributed by atoms with Gasteiger partial charge in [0.15, 0.2) is 0 Å². The predicted molar refractivity (Wildman–Crippen MR) is 227 cm³/mol. The van der Waals surface area contributed by atoms with Gasteiger partial charge >= 0.3 is 0 Å². The Morgan fingerprint density at radius 1 is 0.226 bits per heavy atom. The molecule has 0 heterocycles. The van der Waals surface area contributed by atoms with Crippen LogP contribution < -0.4 is 4.90 Å². The van der Waals surface area contributed by atoms with Crippen molar-refractivity contribution in [3.05, 3.63) is 212 Å². The van der Waals surface area contributed by atoms with Crippen molar-refractivity contribution in [3.63, 3.8) is 0 Å². The minimum atomic E-state index is 1.11. The number of fused-ring (bicyclic) bond motifs is 7. The van der Waals surface area contributed by atoms with Crippen LogP contribution in [0.4, 0.5) is 17.1 Å². The van der Waals surface area contributed by atoms with Crippen LogP contribution in [0.3, 0.4) is 0 Å². The number of hydrogen-bond donors (Lipinski definition) is 0. The second kappa shape index (κ2) is 13.0. The van der Waals surface area contributed by atoms with E-state index < -0.39 is 0 Å². The Bertz CT molecular complexity index is 2870. The lowest BCUT2D eigenvalue weighted by Gasteiger charge is -2.26. The van der Waals surface area contributed by atoms with Crippen LogP contribution in [0.5, 0.6) is 0 Å². The zero-order valence-electron chi connectivity index (χ0n) is 29.2. The van der Waals surface area contributed by atoms with Crippen molar-refractivity contribution < 1.29 is 0 Å². The van der Waals surface area contributed by atoms with E-state index in [1.807, 2.05) is 0 Å². The van der Waals surface area contributed by atoms with Gasteiger partial charge in [-0.3, -0.25) is 0 Å². The standard InChI is InChI=1S/C52H35N/c1-2-11-36(12-3-1)37-21-28-42(29-22-37)53(44-32-25-40(26-33-44)46-20-10-14-39-13-4-5-15-45(39)46)43-30-23-38(24-31-43)41-27-34-51-49-18-7-6-16-47(49)48-17-8-9-19-50(48)52(51)35-41/h1-35H. The largest absolute Gasteiger partial charge is 0.311 e. The summed E-state index contributed by atoms with van der Waals surface area (Å²) in [5.41, 5.74) is 10.6. The van der Waals surface area contributed by atoms with E-state index in [1.165, 1.54) is 76.5 Å². The van der Waals surface area contributed by atoms with E-state index in [4.69, 9.17) is 0 Å². The molecule has 53 heavy (non-hydrogen) atoms. The molecular formula is C52H35N. The Hall–Kier alpha value is -6.96. The zero-order chi connectivity index (χ0) is 35.1. The Morgan fingerprint density at radius 2 is 0.623 bits per heavy atom. The van der Waals surface area contributed by atoms with Crippen LogP contribution >= 0.6 is 0 Å². The summed E-state index contributed by atoms with van der Waals surface area (Å²) in [6, 6.07) is 77.1. The molecule has 0 radical (unpaired) electrons. The van der Waals surface area contributed by atoms with Crippen LogP contribution in [0.15, 0.2) is 212 Å². The van der Waals surface area contributed by atoms with E-state index in [1.54, 1.807) is 0 Å². The second-order valence-corrected chi connectivity index (χ2v) is 13.7. The van der Waals surface area contributed by atoms with E-state index >= 15 is 0 Å². The van der Waals surface area contributed by atoms with Gasteiger partial charge in [-0.15, -0.1) is 0 Å². The van der Waals surface area contributed by atoms with Gasteiger partial charge in [-0.05, 0) is 119 Å². The van der Waals surface area contributed by atoms with Gasteiger partial charge < -0.3 is 4.90 Å². The summed E-state index contributed by atoms with van der Waals surface area (Å²) in [6.45, 7) is 0. The molecular weight excluding hydrogens is 639 g/mol. The van der Waals surface area contributed by atoms with Gasteiger partial charge in [-0.1, -0.05) is 170 Å². The van der Waals surface area contributed by atoms with E-state index in [2.05, 4.69) is 217 Å². The molecule has 0 amide bonds. The fourth-order valence-electron chi connectivity index (χ4n) is 8.04. The lowest BCUT2D eigenvalue weighted by molar-refractivity contribution is 1.28. The van der Waals surface area contributed by atoms with E-state index in [9.17, 15) is 0 Å². The Kier molecular flexibility index (Phi) is 7.55. The predicted octanol–water partition coefficient (Wildman–Crippen LogP) is 14.8. The molecule has 10 aromatic carbocycles. The molecule has 1 nitrogen and oxygen atoms in total. The van der Waals surface area contributed by atoms with Crippen LogP contribution in [-0.4, -0.2) is 0 Å². The molecule has 0 atom stereocenters. The van der Waals surface area contributed by atoms with Crippen molar-refractivity contribution in [2.75, 3.05) is 4.90 Å². The molecule has 0 aromatic heterocycles. The normalized spacial score (nSPS) is 11.4. The van der Waals surface area contributed by atoms with Crippen LogP contribution in [0, 0.1) is 0 Å². The maximum absolute atomic E-state index is 2.37. The first kappa shape index (κ1) is 30.8. The molecule has 0 fully saturated rings. The van der Waals surface area contributed by atoms with Crippen molar-refractivity contribution in [2.45, 2.75) is 0 Å². The van der Waals surface area contributed by atoms with Crippen LogP contribution in [0.25, 0.3) is 76.5 Å². The average molecular weight is 674 g/mol. The Labute approximate surface area is 309 Å². The third kappa shape index (κ3) is 5.51. The van der Waals surface area contributed by atoms with Crippen molar-refractivity contribution >= 4 is 60.2 Å². The maximum atomic E-state index is 2.37. The van der Waals surface area contributed by atoms with Gasteiger partial charge in [0.2, 0.25) is 0 Å². The summed E-state index contributed by atoms with van der Waals surface area (Å²) in [4.78, 5) is 2.35. The Balaban J connectivity index is 1.05. The fourth-order valence-corrected chi connectivity index (χ4v) is 8.04. The maximum Gasteiger partial charge on any atom is 0.0462 e. The first-order valence-corrected chi connectivity index (χ1v) is 18.3. The molecule has 0 aliphatic carbocycles. The third-order valence-electron chi connectivity index (χ3n) is 10.7. The van der Waals surface area contributed by atoms with E-state index in [0.29, 0.717) is 0 Å². The van der Waals surface area contributed by atoms with Gasteiger partial charge in [-0.2, -0.15) is 0 Å². The van der Waals surface area contributed by atoms with Gasteiger partial charge in [0.25, 0.3) is 0 Å². The highest BCUT2D eigenvalue weighted by molar-refractivity contribution is 6.25. The zero-order valence-corrected chi connectivity index (χ0v) is 29.2. The molecule has 0 bridgehead atoms. The summed E-state index contributed by atoms with van der Waals surface area (Å²) in [5, 5.41) is 10.3. The smallest absolute Gasteiger partial charge is 0.0462 e. The quantitative estimate of drug-likeness (QED) is 0.159. The van der Waals surface area contributed by atoms with Crippen molar-refractivity contribution in [3.8, 4) is 33.4 Å². The van der Waals surface area contributed by atoms with Gasteiger partial charge in [0, 0.05) is 17.1 Å². The van der Waals surface area contributed by atoms with Gasteiger partial charge in [0.05, 0.1) is 0 Å². The van der Waals surface area contributed by atoms with Crippen LogP contribution in [-0.2, 0) is 0 Å². The molecule has 10 aromatic rings. The highest BCUT2D eigenvalue weighted by Crippen LogP contribution is 2.40. The molecule has 0 unspecified atom stereocenters. The monoisotopic (exact) mass is 673 g/mol. The average Bonchev–Trinajstić information content (AvgIpc) is 3.24. The molecule has 0 spiro atoms. The highest BCUT2D eigenvalue weighted by atomic mass is 15.1. The summed E-state index contributed by atoms with van der Waals surface area (Å²) in [6.07, 6.45) is 0. The second-order valence-electron chi connectivity index (χ2n) is 13.7. The van der Waals surface area contributed by atoms with Crippen molar-refractivity contribution in [2.24, 2.45) is 0 Å². The third-order valence-corrected chi connectivity index (χ3v) is 10.7. The fraction of sp³-hybridized carbons (Fsp3) is 0. The summed E-state index contributed by atoms with van der Waals surface area (Å²) in [5.74, 6) is 0. The minimum Gasteiger partial charge on any atom is -0.311 e. The number of hydrogen-bond acceptors (Lipinski definition) is 1. The number of nitrogens with zero attached hydrogens (tertiary/aromatic N) is 1. The summed E-state index contributed by atoms with van der Waals surface area (Å²) in [7, 11) is 0. The number of rotatable bonds is 6. The van der Waals surface area contributed by atoms with Crippen LogP contribution in [0.2, 0.25) is 0 Å². The first-order chi connectivity index (χ1) is 26.3. The lowest BCUT2D eigenvalue weighted by Crippen LogP contribution is -2.09. The molecule has 1 heteroatoms. The number of anilines is 3. The molecule has 0 saturated carbocycles. The molecule has 0 saturated heterocycles. The highest BCUT2D eigenvalue weighted by Gasteiger charge is 2.15. The van der Waals surface area contributed by atoms with Crippen LogP contribution in [0.1, 0.15) is 0 Å². The van der Waals surface area contributed by atoms with Crippen molar-refractivity contribution in [1.29, 1.82) is 0 Å². The topological polar surface area (TPSA) is 3.24 Å². The molecule has 10 rings (SSSR count).